The maximum Gasteiger partial charge on any atom is 0.268 e. The molecule has 0 N–H and O–H groups in total. The Balaban J connectivity index is 1.23. The van der Waals surface area contributed by atoms with Gasteiger partial charge in [0.25, 0.3) is 11.8 Å². The molecule has 6 nitrogen and oxygen atoms in total. The van der Waals surface area contributed by atoms with Crippen molar-refractivity contribution in [3.63, 3.8) is 0 Å². The molecule has 0 bridgehead atoms. The summed E-state index contributed by atoms with van der Waals surface area (Å²) >= 11 is 0. The van der Waals surface area contributed by atoms with Crippen LogP contribution >= 0.6 is 0 Å². The lowest BCUT2D eigenvalue weighted by molar-refractivity contribution is 0.0926. The van der Waals surface area contributed by atoms with Crippen LogP contribution in [0.4, 0.5) is 5.69 Å². The summed E-state index contributed by atoms with van der Waals surface area (Å²) in [7, 11) is 0. The highest BCUT2D eigenvalue weighted by Gasteiger charge is 2.39. The van der Waals surface area contributed by atoms with Crippen molar-refractivity contribution in [3.05, 3.63) is 180 Å². The largest absolute Gasteiger partial charge is 0.308 e. The van der Waals surface area contributed by atoms with Gasteiger partial charge in [0, 0.05) is 10.8 Å². The Labute approximate surface area is 299 Å². The van der Waals surface area contributed by atoms with Crippen molar-refractivity contribution < 1.29 is 9.59 Å². The number of nitriles is 2. The molecule has 0 aliphatic carbocycles. The van der Waals surface area contributed by atoms with Gasteiger partial charge in [-0.1, -0.05) is 97.1 Å². The number of carbonyl (C=O) groups is 2. The van der Waals surface area contributed by atoms with Crippen LogP contribution in [-0.2, 0) is 0 Å². The minimum Gasteiger partial charge on any atom is -0.308 e. The molecule has 2 amide bonds. The number of rotatable bonds is 5. The van der Waals surface area contributed by atoms with Gasteiger partial charge in [-0.25, -0.2) is 4.90 Å². The Bertz CT molecular complexity index is 2710. The minimum atomic E-state index is -0.385. The lowest BCUT2D eigenvalue weighted by Gasteiger charge is -2.15. The fourth-order valence-corrected chi connectivity index (χ4v) is 7.23. The van der Waals surface area contributed by atoms with Crippen LogP contribution in [0.5, 0.6) is 0 Å². The van der Waals surface area contributed by atoms with E-state index in [0.29, 0.717) is 33.6 Å². The summed E-state index contributed by atoms with van der Waals surface area (Å²) in [4.78, 5) is 29.8. The van der Waals surface area contributed by atoms with Gasteiger partial charge in [-0.15, -0.1) is 0 Å². The van der Waals surface area contributed by atoms with E-state index in [4.69, 9.17) is 0 Å². The molecule has 242 valence electrons. The Morgan fingerprint density at radius 2 is 0.923 bits per heavy atom. The van der Waals surface area contributed by atoms with Gasteiger partial charge in [0.2, 0.25) is 0 Å². The second kappa shape index (κ2) is 12.1. The van der Waals surface area contributed by atoms with Gasteiger partial charge in [0.1, 0.15) is 0 Å². The zero-order valence-electron chi connectivity index (χ0n) is 27.6. The summed E-state index contributed by atoms with van der Waals surface area (Å²) in [6, 6.07) is 54.7. The molecule has 52 heavy (non-hydrogen) atoms. The molecule has 0 spiro atoms. The fraction of sp³-hybridized carbons (Fsp3) is 0. The van der Waals surface area contributed by atoms with E-state index < -0.39 is 0 Å². The van der Waals surface area contributed by atoms with Gasteiger partial charge < -0.3 is 4.57 Å². The van der Waals surface area contributed by atoms with Crippen molar-refractivity contribution in [3.8, 4) is 51.2 Å². The van der Waals surface area contributed by atoms with E-state index >= 15 is 0 Å². The van der Waals surface area contributed by atoms with Crippen molar-refractivity contribution in [2.24, 2.45) is 0 Å². The van der Waals surface area contributed by atoms with E-state index in [1.165, 1.54) is 4.90 Å². The highest BCUT2D eigenvalue weighted by Crippen LogP contribution is 2.40. The van der Waals surface area contributed by atoms with E-state index in [-0.39, 0.29) is 11.8 Å². The van der Waals surface area contributed by atoms with Crippen molar-refractivity contribution in [2.75, 3.05) is 4.90 Å². The number of hydrogen-bond donors (Lipinski definition) is 0. The number of carbonyl (C=O) groups excluding carboxylic acids is 2. The lowest BCUT2D eigenvalue weighted by Crippen LogP contribution is -2.29. The first-order chi connectivity index (χ1) is 25.5. The number of nitrogens with zero attached hydrogens (tertiary/aromatic N) is 4. The van der Waals surface area contributed by atoms with Gasteiger partial charge in [-0.05, 0) is 94.0 Å². The molecule has 0 fully saturated rings. The molecule has 1 aromatic heterocycles. The highest BCUT2D eigenvalue weighted by molar-refractivity contribution is 6.35. The second-order valence-electron chi connectivity index (χ2n) is 12.7. The number of hydrogen-bond acceptors (Lipinski definition) is 4. The molecule has 2 heterocycles. The number of amides is 2. The molecule has 1 aliphatic heterocycles. The molecular weight excluding hydrogens is 641 g/mol. The third-order valence-corrected chi connectivity index (χ3v) is 9.83. The molecule has 0 saturated carbocycles. The Kier molecular flexibility index (Phi) is 7.10. The standard InChI is InChI=1S/C46H26N4O2/c47-27-29-9-13-33(14-10-29)35-19-23-38-39-24-20-36(34-15-11-30(28-48)12-16-34)26-43(39)50(42(38)25-35)41-8-4-7-40-44(41)46(52)49(45(40)51)37-21-17-32(18-22-37)31-5-2-1-3-6-31/h1-26H. The summed E-state index contributed by atoms with van der Waals surface area (Å²) in [6.07, 6.45) is 0. The summed E-state index contributed by atoms with van der Waals surface area (Å²) in [6.45, 7) is 0. The van der Waals surface area contributed by atoms with Crippen LogP contribution in [0.3, 0.4) is 0 Å². The number of imide groups is 1. The molecular formula is C46H26N4O2. The number of fused-ring (bicyclic) bond motifs is 4. The molecule has 0 radical (unpaired) electrons. The molecule has 9 rings (SSSR count). The molecule has 8 aromatic rings. The number of anilines is 1. The smallest absolute Gasteiger partial charge is 0.268 e. The van der Waals surface area contributed by atoms with Gasteiger partial charge in [-0.3, -0.25) is 9.59 Å². The molecule has 6 heteroatoms. The lowest BCUT2D eigenvalue weighted by atomic mass is 10.0. The third-order valence-electron chi connectivity index (χ3n) is 9.83. The number of aromatic nitrogens is 1. The van der Waals surface area contributed by atoms with Crippen LogP contribution in [-0.4, -0.2) is 16.4 Å². The molecule has 0 saturated heterocycles. The predicted octanol–water partition coefficient (Wildman–Crippen LogP) is 10.3. The van der Waals surface area contributed by atoms with Crippen LogP contribution in [0, 0.1) is 22.7 Å². The SMILES string of the molecule is N#Cc1ccc(-c2ccc3c4ccc(-c5ccc(C#N)cc5)cc4n(-c4cccc5c4C(=O)N(c4ccc(-c6ccccc6)cc4)C5=O)c3c2)cc1. The Hall–Kier alpha value is -7.54. The first kappa shape index (κ1) is 30.5. The van der Waals surface area contributed by atoms with Gasteiger partial charge in [0.15, 0.2) is 0 Å². The average molecular weight is 667 g/mol. The summed E-state index contributed by atoms with van der Waals surface area (Å²) in [5.74, 6) is -0.754. The van der Waals surface area contributed by atoms with E-state index in [2.05, 4.69) is 53.1 Å². The van der Waals surface area contributed by atoms with Crippen LogP contribution < -0.4 is 4.90 Å². The number of benzene rings is 7. The summed E-state index contributed by atoms with van der Waals surface area (Å²) in [5.41, 5.74) is 10.5. The molecule has 0 unspecified atom stereocenters. The average Bonchev–Trinajstić information content (AvgIpc) is 3.67. The zero-order chi connectivity index (χ0) is 35.3. The third kappa shape index (κ3) is 4.87. The normalized spacial score (nSPS) is 12.2. The van der Waals surface area contributed by atoms with E-state index in [1.54, 1.807) is 30.3 Å². The minimum absolute atomic E-state index is 0.339. The van der Waals surface area contributed by atoms with Crippen LogP contribution in [0.15, 0.2) is 158 Å². The van der Waals surface area contributed by atoms with Crippen molar-refractivity contribution in [1.29, 1.82) is 10.5 Å². The van der Waals surface area contributed by atoms with Crippen LogP contribution in [0.1, 0.15) is 31.8 Å². The Morgan fingerprint density at radius 1 is 0.442 bits per heavy atom. The van der Waals surface area contributed by atoms with E-state index in [1.807, 2.05) is 91.0 Å². The topological polar surface area (TPSA) is 89.9 Å². The van der Waals surface area contributed by atoms with Crippen LogP contribution in [0.2, 0.25) is 0 Å². The maximum absolute atomic E-state index is 14.5. The quantitative estimate of drug-likeness (QED) is 0.171. The van der Waals surface area contributed by atoms with Gasteiger partial charge >= 0.3 is 0 Å². The first-order valence-electron chi connectivity index (χ1n) is 16.8. The van der Waals surface area contributed by atoms with Crippen molar-refractivity contribution in [1.82, 2.24) is 4.57 Å². The summed E-state index contributed by atoms with van der Waals surface area (Å²) in [5, 5.41) is 20.7. The molecule has 7 aromatic carbocycles. The first-order valence-corrected chi connectivity index (χ1v) is 16.8. The summed E-state index contributed by atoms with van der Waals surface area (Å²) < 4.78 is 2.08. The monoisotopic (exact) mass is 666 g/mol. The highest BCUT2D eigenvalue weighted by atomic mass is 16.2. The van der Waals surface area contributed by atoms with E-state index in [0.717, 1.165) is 55.2 Å². The molecule has 0 atom stereocenters. The van der Waals surface area contributed by atoms with Crippen LogP contribution in [0.25, 0.3) is 60.9 Å². The zero-order valence-corrected chi connectivity index (χ0v) is 27.6. The fourth-order valence-electron chi connectivity index (χ4n) is 7.23. The van der Waals surface area contributed by atoms with Crippen molar-refractivity contribution >= 4 is 39.3 Å². The van der Waals surface area contributed by atoms with Gasteiger partial charge in [0.05, 0.1) is 56.8 Å². The predicted molar refractivity (Wildman–Crippen MR) is 204 cm³/mol. The maximum atomic E-state index is 14.5. The van der Waals surface area contributed by atoms with E-state index in [9.17, 15) is 20.1 Å². The Morgan fingerprint density at radius 3 is 1.46 bits per heavy atom. The second-order valence-corrected chi connectivity index (χ2v) is 12.7. The van der Waals surface area contributed by atoms with Gasteiger partial charge in [-0.2, -0.15) is 10.5 Å². The van der Waals surface area contributed by atoms with Crippen molar-refractivity contribution in [2.45, 2.75) is 0 Å². The molecule has 1 aliphatic rings.